The van der Waals surface area contributed by atoms with E-state index in [1.54, 1.807) is 0 Å². The highest BCUT2D eigenvalue weighted by Crippen LogP contribution is 2.40. The Morgan fingerprint density at radius 3 is 2.89 bits per heavy atom. The van der Waals surface area contributed by atoms with E-state index < -0.39 is 0 Å². The van der Waals surface area contributed by atoms with E-state index in [1.165, 1.54) is 12.8 Å². The molecule has 0 aromatic carbocycles. The van der Waals surface area contributed by atoms with Gasteiger partial charge in [-0.15, -0.1) is 0 Å². The van der Waals surface area contributed by atoms with E-state index in [4.69, 9.17) is 5.73 Å². The molecule has 0 atom stereocenters. The zero-order chi connectivity index (χ0) is 12.7. The van der Waals surface area contributed by atoms with Crippen LogP contribution in [0.25, 0.3) is 11.3 Å². The Kier molecular flexibility index (Phi) is 2.61. The predicted molar refractivity (Wildman–Crippen MR) is 71.2 cm³/mol. The third-order valence-electron chi connectivity index (χ3n) is 3.40. The van der Waals surface area contributed by atoms with Gasteiger partial charge in [0.05, 0.1) is 6.20 Å². The van der Waals surface area contributed by atoms with Crippen LogP contribution in [0, 0.1) is 6.92 Å². The van der Waals surface area contributed by atoms with Gasteiger partial charge < -0.3 is 10.3 Å². The molecular weight excluding hydrogens is 226 g/mol. The van der Waals surface area contributed by atoms with E-state index in [0.717, 1.165) is 35.9 Å². The Bertz CT molecular complexity index is 562. The number of aryl methyl sites for hydroxylation is 2. The van der Waals surface area contributed by atoms with E-state index in [0.29, 0.717) is 6.04 Å². The first-order valence-corrected chi connectivity index (χ1v) is 6.57. The van der Waals surface area contributed by atoms with Crippen LogP contribution in [0.5, 0.6) is 0 Å². The highest BCUT2D eigenvalue weighted by atomic mass is 15.3. The van der Waals surface area contributed by atoms with Crippen LogP contribution in [-0.4, -0.2) is 19.3 Å². The summed E-state index contributed by atoms with van der Waals surface area (Å²) in [6.07, 6.45) is 7.39. The number of nitrogen functional groups attached to an aromatic ring is 1. The molecule has 0 bridgehead atoms. The second kappa shape index (κ2) is 4.15. The van der Waals surface area contributed by atoms with Crippen molar-refractivity contribution in [1.82, 2.24) is 19.3 Å². The fraction of sp³-hybridized carbons (Fsp3) is 0.538. The number of rotatable bonds is 4. The van der Waals surface area contributed by atoms with Crippen molar-refractivity contribution in [2.24, 2.45) is 0 Å². The molecule has 1 aliphatic rings. The average molecular weight is 245 g/mol. The molecular formula is C13H19N5. The Balaban J connectivity index is 1.97. The van der Waals surface area contributed by atoms with Crippen molar-refractivity contribution in [3.8, 4) is 11.3 Å². The van der Waals surface area contributed by atoms with Crippen LogP contribution >= 0.6 is 0 Å². The highest BCUT2D eigenvalue weighted by molar-refractivity contribution is 5.70. The molecule has 0 saturated heterocycles. The molecule has 5 heteroatoms. The summed E-state index contributed by atoms with van der Waals surface area (Å²) in [5, 5.41) is 4.33. The fourth-order valence-electron chi connectivity index (χ4n) is 2.40. The minimum absolute atomic E-state index is 0.567. The second-order valence-electron chi connectivity index (χ2n) is 4.99. The monoisotopic (exact) mass is 245 g/mol. The van der Waals surface area contributed by atoms with Gasteiger partial charge >= 0.3 is 0 Å². The molecule has 2 N–H and O–H groups in total. The van der Waals surface area contributed by atoms with Crippen molar-refractivity contribution >= 4 is 5.82 Å². The zero-order valence-electron chi connectivity index (χ0n) is 10.9. The lowest BCUT2D eigenvalue weighted by Crippen LogP contribution is -2.02. The fourth-order valence-corrected chi connectivity index (χ4v) is 2.40. The first-order valence-electron chi connectivity index (χ1n) is 6.57. The van der Waals surface area contributed by atoms with Gasteiger partial charge in [-0.1, -0.05) is 6.92 Å². The molecule has 2 aromatic rings. The van der Waals surface area contributed by atoms with Gasteiger partial charge in [-0.3, -0.25) is 4.68 Å². The number of anilines is 1. The quantitative estimate of drug-likeness (QED) is 0.899. The lowest BCUT2D eigenvalue weighted by molar-refractivity contribution is 0.603. The summed E-state index contributed by atoms with van der Waals surface area (Å²) in [5.74, 6) is 1.79. The summed E-state index contributed by atoms with van der Waals surface area (Å²) in [6, 6.07) is 0.567. The summed E-state index contributed by atoms with van der Waals surface area (Å²) in [4.78, 5) is 4.60. The third kappa shape index (κ3) is 1.79. The number of imidazole rings is 1. The minimum Gasteiger partial charge on any atom is -0.383 e. The summed E-state index contributed by atoms with van der Waals surface area (Å²) in [5.41, 5.74) is 8.12. The zero-order valence-corrected chi connectivity index (χ0v) is 10.9. The van der Waals surface area contributed by atoms with Gasteiger partial charge in [0, 0.05) is 24.3 Å². The van der Waals surface area contributed by atoms with Crippen molar-refractivity contribution < 1.29 is 0 Å². The SMILES string of the molecule is CCCn1cc(-c2nc(C)n(C3CC3)c2N)cn1. The van der Waals surface area contributed by atoms with Crippen LogP contribution in [0.15, 0.2) is 12.4 Å². The van der Waals surface area contributed by atoms with Gasteiger partial charge in [0.25, 0.3) is 0 Å². The normalized spacial score (nSPS) is 15.2. The first-order chi connectivity index (χ1) is 8.70. The molecule has 18 heavy (non-hydrogen) atoms. The van der Waals surface area contributed by atoms with Gasteiger partial charge in [-0.05, 0) is 26.2 Å². The molecule has 2 heterocycles. The highest BCUT2D eigenvalue weighted by Gasteiger charge is 2.28. The number of nitrogens with two attached hydrogens (primary N) is 1. The second-order valence-corrected chi connectivity index (χ2v) is 4.99. The molecule has 2 aromatic heterocycles. The maximum Gasteiger partial charge on any atom is 0.132 e. The van der Waals surface area contributed by atoms with Crippen molar-refractivity contribution in [3.63, 3.8) is 0 Å². The topological polar surface area (TPSA) is 61.7 Å². The van der Waals surface area contributed by atoms with Gasteiger partial charge in [0.1, 0.15) is 17.3 Å². The smallest absolute Gasteiger partial charge is 0.132 e. The Labute approximate surface area is 107 Å². The minimum atomic E-state index is 0.567. The molecule has 0 aliphatic heterocycles. The third-order valence-corrected chi connectivity index (χ3v) is 3.40. The van der Waals surface area contributed by atoms with Crippen LogP contribution in [0.4, 0.5) is 5.82 Å². The number of aromatic nitrogens is 4. The van der Waals surface area contributed by atoms with Gasteiger partial charge in [-0.25, -0.2) is 4.98 Å². The molecule has 0 unspecified atom stereocenters. The maximum atomic E-state index is 6.22. The standard InChI is InChI=1S/C13H19N5/c1-3-6-17-8-10(7-15-17)12-13(14)18(9(2)16-12)11-4-5-11/h7-8,11H,3-6,14H2,1-2H3. The molecule has 0 amide bonds. The van der Waals surface area contributed by atoms with E-state index in [-0.39, 0.29) is 0 Å². The summed E-state index contributed by atoms with van der Waals surface area (Å²) in [6.45, 7) is 5.10. The molecule has 96 valence electrons. The van der Waals surface area contributed by atoms with Crippen molar-refractivity contribution in [1.29, 1.82) is 0 Å². The van der Waals surface area contributed by atoms with Gasteiger partial charge in [0.15, 0.2) is 0 Å². The molecule has 0 radical (unpaired) electrons. The maximum absolute atomic E-state index is 6.22. The number of hydrogen-bond acceptors (Lipinski definition) is 3. The summed E-state index contributed by atoms with van der Waals surface area (Å²) >= 11 is 0. The first kappa shape index (κ1) is 11.3. The molecule has 1 aliphatic carbocycles. The van der Waals surface area contributed by atoms with Crippen LogP contribution in [-0.2, 0) is 6.54 Å². The van der Waals surface area contributed by atoms with Crippen molar-refractivity contribution in [2.75, 3.05) is 5.73 Å². The Morgan fingerprint density at radius 1 is 1.44 bits per heavy atom. The lowest BCUT2D eigenvalue weighted by Gasteiger charge is -2.04. The Morgan fingerprint density at radius 2 is 2.22 bits per heavy atom. The molecule has 3 rings (SSSR count). The van der Waals surface area contributed by atoms with Crippen molar-refractivity contribution in [2.45, 2.75) is 45.7 Å². The van der Waals surface area contributed by atoms with E-state index >= 15 is 0 Å². The summed E-state index contributed by atoms with van der Waals surface area (Å²) in [7, 11) is 0. The molecule has 1 fully saturated rings. The van der Waals surface area contributed by atoms with Crippen LogP contribution in [0.3, 0.4) is 0 Å². The van der Waals surface area contributed by atoms with Crippen LogP contribution in [0.1, 0.15) is 38.1 Å². The lowest BCUT2D eigenvalue weighted by atomic mass is 10.2. The molecule has 5 nitrogen and oxygen atoms in total. The van der Waals surface area contributed by atoms with Gasteiger partial charge in [-0.2, -0.15) is 5.10 Å². The number of nitrogens with zero attached hydrogens (tertiary/aromatic N) is 4. The van der Waals surface area contributed by atoms with E-state index in [1.807, 2.05) is 24.0 Å². The summed E-state index contributed by atoms with van der Waals surface area (Å²) < 4.78 is 4.10. The molecule has 1 saturated carbocycles. The predicted octanol–water partition coefficient (Wildman–Crippen LogP) is 2.38. The van der Waals surface area contributed by atoms with Crippen molar-refractivity contribution in [3.05, 3.63) is 18.2 Å². The largest absolute Gasteiger partial charge is 0.383 e. The van der Waals surface area contributed by atoms with E-state index in [9.17, 15) is 0 Å². The van der Waals surface area contributed by atoms with Crippen LogP contribution in [0.2, 0.25) is 0 Å². The van der Waals surface area contributed by atoms with Gasteiger partial charge in [0.2, 0.25) is 0 Å². The average Bonchev–Trinajstić information content (AvgIpc) is 2.98. The Hall–Kier alpha value is -1.78. The van der Waals surface area contributed by atoms with E-state index in [2.05, 4.69) is 21.6 Å². The number of hydrogen-bond donors (Lipinski definition) is 1. The van der Waals surface area contributed by atoms with Crippen LogP contribution < -0.4 is 5.73 Å². The molecule has 0 spiro atoms.